The maximum atomic E-state index is 11.9. The smallest absolute Gasteiger partial charge is 0.315 e. The van der Waals surface area contributed by atoms with Crippen molar-refractivity contribution in [2.45, 2.75) is 20.0 Å². The molecule has 2 aromatic rings. The monoisotopic (exact) mass is 432 g/mol. The van der Waals surface area contributed by atoms with Crippen LogP contribution in [0.15, 0.2) is 28.1 Å². The van der Waals surface area contributed by atoms with E-state index in [1.807, 2.05) is 18.4 Å². The van der Waals surface area contributed by atoms with Crippen LogP contribution in [-0.4, -0.2) is 19.7 Å². The molecular weight excluding hydrogens is 416 g/mol. The number of benzene rings is 1. The van der Waals surface area contributed by atoms with Gasteiger partial charge in [-0.3, -0.25) is 0 Å². The zero-order chi connectivity index (χ0) is 17.5. The lowest BCUT2D eigenvalue weighted by Crippen LogP contribution is -2.34. The van der Waals surface area contributed by atoms with Gasteiger partial charge in [-0.15, -0.1) is 11.3 Å². The van der Waals surface area contributed by atoms with Crippen molar-refractivity contribution in [1.82, 2.24) is 10.6 Å². The Morgan fingerprint density at radius 3 is 2.67 bits per heavy atom. The van der Waals surface area contributed by atoms with E-state index < -0.39 is 0 Å². The van der Waals surface area contributed by atoms with E-state index in [4.69, 9.17) is 21.1 Å². The second kappa shape index (κ2) is 9.15. The third-order valence-corrected chi connectivity index (χ3v) is 5.05. The van der Waals surface area contributed by atoms with E-state index in [2.05, 4.69) is 26.6 Å². The number of nitrogens with one attached hydrogen (secondary N) is 2. The molecule has 1 aromatic carbocycles. The summed E-state index contributed by atoms with van der Waals surface area (Å²) in [7, 11) is 1.55. The summed E-state index contributed by atoms with van der Waals surface area (Å²) < 4.78 is 11.8. The van der Waals surface area contributed by atoms with Crippen molar-refractivity contribution in [3.63, 3.8) is 0 Å². The molecule has 2 rings (SSSR count). The van der Waals surface area contributed by atoms with Crippen LogP contribution in [0.2, 0.25) is 5.02 Å². The predicted octanol–water partition coefficient (Wildman–Crippen LogP) is 4.57. The van der Waals surface area contributed by atoms with Gasteiger partial charge in [-0.1, -0.05) is 11.6 Å². The number of thiophene rings is 1. The molecule has 2 N–H and O–H groups in total. The van der Waals surface area contributed by atoms with Gasteiger partial charge in [0, 0.05) is 21.3 Å². The molecule has 0 radical (unpaired) electrons. The molecule has 2 amide bonds. The molecule has 8 heteroatoms. The molecule has 0 saturated heterocycles. The zero-order valence-electron chi connectivity index (χ0n) is 13.3. The number of methoxy groups -OCH3 is 1. The molecule has 130 valence electrons. The Bertz CT molecular complexity index is 709. The van der Waals surface area contributed by atoms with E-state index in [-0.39, 0.29) is 6.03 Å². The van der Waals surface area contributed by atoms with Crippen LogP contribution in [-0.2, 0) is 13.1 Å². The Labute approximate surface area is 158 Å². The normalized spacial score (nSPS) is 10.3. The Balaban J connectivity index is 1.91. The van der Waals surface area contributed by atoms with Crippen LogP contribution in [0.1, 0.15) is 17.4 Å². The predicted molar refractivity (Wildman–Crippen MR) is 100 cm³/mol. The SMILES string of the molecule is CCOc1c(Cl)cc(CNC(=O)NCc2cc(Br)cs2)cc1OC. The molecule has 5 nitrogen and oxygen atoms in total. The zero-order valence-corrected chi connectivity index (χ0v) is 16.5. The number of halogens is 2. The lowest BCUT2D eigenvalue weighted by molar-refractivity contribution is 0.240. The van der Waals surface area contributed by atoms with E-state index >= 15 is 0 Å². The van der Waals surface area contributed by atoms with Crippen molar-refractivity contribution in [1.29, 1.82) is 0 Å². The van der Waals surface area contributed by atoms with Crippen molar-refractivity contribution in [3.8, 4) is 11.5 Å². The number of urea groups is 1. The van der Waals surface area contributed by atoms with Gasteiger partial charge in [0.25, 0.3) is 0 Å². The number of hydrogen-bond acceptors (Lipinski definition) is 4. The van der Waals surface area contributed by atoms with E-state index in [9.17, 15) is 4.79 Å². The minimum Gasteiger partial charge on any atom is -0.493 e. The van der Waals surface area contributed by atoms with Gasteiger partial charge in [0.1, 0.15) is 0 Å². The first kappa shape index (κ1) is 18.9. The number of rotatable bonds is 7. The first-order valence-electron chi connectivity index (χ1n) is 7.27. The molecule has 1 heterocycles. The maximum Gasteiger partial charge on any atom is 0.315 e. The topological polar surface area (TPSA) is 59.6 Å². The first-order valence-corrected chi connectivity index (χ1v) is 9.32. The summed E-state index contributed by atoms with van der Waals surface area (Å²) in [6.45, 7) is 3.19. The second-order valence-electron chi connectivity index (χ2n) is 4.81. The summed E-state index contributed by atoms with van der Waals surface area (Å²) >= 11 is 11.2. The minimum atomic E-state index is -0.247. The van der Waals surface area contributed by atoms with Crippen LogP contribution in [0, 0.1) is 0 Å². The first-order chi connectivity index (χ1) is 11.5. The van der Waals surface area contributed by atoms with Crippen LogP contribution in [0.25, 0.3) is 0 Å². The van der Waals surface area contributed by atoms with Gasteiger partial charge in [0.2, 0.25) is 0 Å². The molecule has 0 atom stereocenters. The number of ether oxygens (including phenoxy) is 2. The van der Waals surface area contributed by atoms with E-state index in [1.165, 1.54) is 0 Å². The molecule has 0 bridgehead atoms. The summed E-state index contributed by atoms with van der Waals surface area (Å²) in [5, 5.41) is 8.03. The number of carbonyl (C=O) groups is 1. The quantitative estimate of drug-likeness (QED) is 0.672. The molecule has 0 fully saturated rings. The van der Waals surface area contributed by atoms with Crippen molar-refractivity contribution >= 4 is 44.9 Å². The highest BCUT2D eigenvalue weighted by atomic mass is 79.9. The molecule has 24 heavy (non-hydrogen) atoms. The third kappa shape index (κ3) is 5.29. The lowest BCUT2D eigenvalue weighted by Gasteiger charge is -2.13. The summed E-state index contributed by atoms with van der Waals surface area (Å²) in [6.07, 6.45) is 0. The molecule has 0 unspecified atom stereocenters. The highest BCUT2D eigenvalue weighted by molar-refractivity contribution is 9.10. The Hall–Kier alpha value is -1.44. The lowest BCUT2D eigenvalue weighted by atomic mass is 10.2. The van der Waals surface area contributed by atoms with Crippen LogP contribution in [0.4, 0.5) is 4.79 Å². The standard InChI is InChI=1S/C16H18BrClN2O3S/c1-3-23-15-13(18)4-10(5-14(15)22-2)7-19-16(21)20-8-12-6-11(17)9-24-12/h4-6,9H,3,7-8H2,1-2H3,(H2,19,20,21). The number of carbonyl (C=O) groups excluding carboxylic acids is 1. The van der Waals surface area contributed by atoms with Crippen LogP contribution < -0.4 is 20.1 Å². The van der Waals surface area contributed by atoms with Gasteiger partial charge in [-0.25, -0.2) is 4.79 Å². The average molecular weight is 434 g/mol. The summed E-state index contributed by atoms with van der Waals surface area (Å²) in [4.78, 5) is 13.0. The molecule has 1 aromatic heterocycles. The fourth-order valence-corrected chi connectivity index (χ4v) is 3.70. The Kier molecular flexibility index (Phi) is 7.20. The van der Waals surface area contributed by atoms with Gasteiger partial charge < -0.3 is 20.1 Å². The fraction of sp³-hybridized carbons (Fsp3) is 0.312. The molecule has 0 aliphatic carbocycles. The van der Waals surface area contributed by atoms with E-state index in [1.54, 1.807) is 30.6 Å². The van der Waals surface area contributed by atoms with Crippen molar-refractivity contribution in [3.05, 3.63) is 43.5 Å². The molecule has 0 spiro atoms. The largest absolute Gasteiger partial charge is 0.493 e. The molecule has 0 aliphatic heterocycles. The Morgan fingerprint density at radius 1 is 1.29 bits per heavy atom. The van der Waals surface area contributed by atoms with Crippen molar-refractivity contribution in [2.24, 2.45) is 0 Å². The van der Waals surface area contributed by atoms with E-state index in [0.29, 0.717) is 36.2 Å². The van der Waals surface area contributed by atoms with Gasteiger partial charge in [0.05, 0.1) is 25.3 Å². The number of amides is 2. The minimum absolute atomic E-state index is 0.247. The fourth-order valence-electron chi connectivity index (χ4n) is 2.02. The molecule has 0 aliphatic rings. The van der Waals surface area contributed by atoms with Crippen molar-refractivity contribution < 1.29 is 14.3 Å². The van der Waals surface area contributed by atoms with E-state index in [0.717, 1.165) is 14.9 Å². The van der Waals surface area contributed by atoms with Gasteiger partial charge in [0.15, 0.2) is 11.5 Å². The third-order valence-electron chi connectivity index (χ3n) is 3.08. The number of hydrogen-bond donors (Lipinski definition) is 2. The average Bonchev–Trinajstić information content (AvgIpc) is 2.98. The van der Waals surface area contributed by atoms with Crippen LogP contribution in [0.5, 0.6) is 11.5 Å². The second-order valence-corrected chi connectivity index (χ2v) is 7.13. The van der Waals surface area contributed by atoms with Gasteiger partial charge in [-0.2, -0.15) is 0 Å². The van der Waals surface area contributed by atoms with Gasteiger partial charge in [-0.05, 0) is 46.6 Å². The maximum absolute atomic E-state index is 11.9. The van der Waals surface area contributed by atoms with Crippen LogP contribution in [0.3, 0.4) is 0 Å². The summed E-state index contributed by atoms with van der Waals surface area (Å²) in [5.74, 6) is 1.06. The highest BCUT2D eigenvalue weighted by Gasteiger charge is 2.12. The molecule has 0 saturated carbocycles. The summed E-state index contributed by atoms with van der Waals surface area (Å²) in [6, 6.07) is 5.28. The van der Waals surface area contributed by atoms with Gasteiger partial charge >= 0.3 is 6.03 Å². The van der Waals surface area contributed by atoms with Crippen LogP contribution >= 0.6 is 38.9 Å². The van der Waals surface area contributed by atoms with Crippen molar-refractivity contribution in [2.75, 3.05) is 13.7 Å². The Morgan fingerprint density at radius 2 is 2.04 bits per heavy atom. The summed E-state index contributed by atoms with van der Waals surface area (Å²) in [5.41, 5.74) is 0.828. The highest BCUT2D eigenvalue weighted by Crippen LogP contribution is 2.36. The molecular formula is C16H18BrClN2O3S.